The van der Waals surface area contributed by atoms with Gasteiger partial charge in [-0.25, -0.2) is 14.3 Å². The van der Waals surface area contributed by atoms with Crippen LogP contribution >= 0.6 is 8.53 Å². The Balaban J connectivity index is 1.73. The summed E-state index contributed by atoms with van der Waals surface area (Å²) < 4.78 is 25.4. The van der Waals surface area contributed by atoms with Gasteiger partial charge in [-0.05, 0) is 70.7 Å². The molecule has 0 radical (unpaired) electrons. The maximum absolute atomic E-state index is 13.1. The summed E-state index contributed by atoms with van der Waals surface area (Å²) in [5.41, 5.74) is 3.67. The van der Waals surface area contributed by atoms with Gasteiger partial charge in [-0.15, -0.1) is 0 Å². The molecule has 1 N–H and O–H groups in total. The van der Waals surface area contributed by atoms with Crippen LogP contribution in [0, 0.1) is 11.3 Å². The van der Waals surface area contributed by atoms with Crippen molar-refractivity contribution in [2.75, 3.05) is 19.8 Å². The number of fused-ring (bicyclic) bond motifs is 3. The van der Waals surface area contributed by atoms with Crippen LogP contribution in [0.3, 0.4) is 0 Å². The number of carbonyl (C=O) groups excluding carboxylic acids is 2. The zero-order valence-electron chi connectivity index (χ0n) is 25.0. The zero-order valence-corrected chi connectivity index (χ0v) is 25.9. The quantitative estimate of drug-likeness (QED) is 0.161. The van der Waals surface area contributed by atoms with E-state index in [1.807, 2.05) is 68.8 Å². The third kappa shape index (κ3) is 8.98. The van der Waals surface area contributed by atoms with Crippen LogP contribution in [0.15, 0.2) is 48.5 Å². The molecule has 1 amide bonds. The molecule has 222 valence electrons. The lowest BCUT2D eigenvalue weighted by Crippen LogP contribution is -2.47. The topological polar surface area (TPSA) is 110 Å². The number of alkyl carbamates (subject to hydrolysis) is 1. The largest absolute Gasteiger partial charge is 0.458 e. The molecule has 0 spiro atoms. The van der Waals surface area contributed by atoms with E-state index in [9.17, 15) is 9.59 Å². The second-order valence-corrected chi connectivity index (χ2v) is 12.9. The molecule has 0 fully saturated rings. The van der Waals surface area contributed by atoms with Gasteiger partial charge in [0.05, 0.1) is 25.7 Å². The average Bonchev–Trinajstić information content (AvgIpc) is 3.22. The minimum absolute atomic E-state index is 0.0817. The minimum atomic E-state index is -1.62. The van der Waals surface area contributed by atoms with E-state index in [4.69, 9.17) is 23.8 Å². The first-order valence-corrected chi connectivity index (χ1v) is 15.1. The Kier molecular flexibility index (Phi) is 11.7. The van der Waals surface area contributed by atoms with Crippen LogP contribution in [0.25, 0.3) is 11.1 Å². The fraction of sp³-hybridized carbons (Fsp3) is 0.516. The van der Waals surface area contributed by atoms with Crippen LogP contribution in [-0.4, -0.2) is 60.3 Å². The Morgan fingerprint density at radius 1 is 0.976 bits per heavy atom. The lowest BCUT2D eigenvalue weighted by Gasteiger charge is -2.36. The number of amides is 1. The van der Waals surface area contributed by atoms with Crippen molar-refractivity contribution in [1.82, 2.24) is 9.99 Å². The number of hydrogen-bond acceptors (Lipinski definition) is 8. The van der Waals surface area contributed by atoms with E-state index in [2.05, 4.69) is 23.5 Å². The van der Waals surface area contributed by atoms with Crippen molar-refractivity contribution in [3.05, 3.63) is 59.7 Å². The summed E-state index contributed by atoms with van der Waals surface area (Å²) in [6.07, 6.45) is -0.537. The second-order valence-electron chi connectivity index (χ2n) is 11.4. The Morgan fingerprint density at radius 3 is 2.05 bits per heavy atom. The first kappa shape index (κ1) is 32.5. The maximum Gasteiger partial charge on any atom is 0.407 e. The fourth-order valence-electron chi connectivity index (χ4n) is 4.78. The summed E-state index contributed by atoms with van der Waals surface area (Å²) in [5.74, 6) is -0.755. The molecule has 1 aliphatic rings. The molecule has 2 aromatic rings. The van der Waals surface area contributed by atoms with Gasteiger partial charge in [0.2, 0.25) is 0 Å². The van der Waals surface area contributed by atoms with E-state index < -0.39 is 32.2 Å². The van der Waals surface area contributed by atoms with Crippen molar-refractivity contribution in [2.45, 2.75) is 84.5 Å². The van der Waals surface area contributed by atoms with Gasteiger partial charge in [0, 0.05) is 18.0 Å². The van der Waals surface area contributed by atoms with Gasteiger partial charge in [-0.3, -0.25) is 0 Å². The van der Waals surface area contributed by atoms with E-state index in [1.165, 1.54) is 0 Å². The summed E-state index contributed by atoms with van der Waals surface area (Å²) in [4.78, 5) is 26.2. The van der Waals surface area contributed by atoms with Crippen molar-refractivity contribution in [2.24, 2.45) is 0 Å². The van der Waals surface area contributed by atoms with Crippen LogP contribution in [0.2, 0.25) is 0 Å². The molecule has 1 unspecified atom stereocenters. The predicted molar refractivity (Wildman–Crippen MR) is 159 cm³/mol. The van der Waals surface area contributed by atoms with E-state index in [0.29, 0.717) is 0 Å². The molecule has 0 heterocycles. The molecule has 0 saturated heterocycles. The molecule has 2 aromatic carbocycles. The molecular weight excluding hydrogens is 541 g/mol. The summed E-state index contributed by atoms with van der Waals surface area (Å²) in [6.45, 7) is 13.5. The summed E-state index contributed by atoms with van der Waals surface area (Å²) >= 11 is 0. The lowest BCUT2D eigenvalue weighted by molar-refractivity contribution is -0.158. The monoisotopic (exact) mass is 583 g/mol. The van der Waals surface area contributed by atoms with Crippen LogP contribution in [0.4, 0.5) is 4.79 Å². The average molecular weight is 584 g/mol. The zero-order chi connectivity index (χ0) is 30.2. The molecule has 10 heteroatoms. The standard InChI is InChI=1S/C31H42N3O6P/c1-21(2)34(22(3)4)41(38-18-12-17-32)39-20-28(29(35)40-31(5,6)7)33-30(36)37-19-27-25-15-10-8-13-23(25)24-14-9-11-16-26(24)27/h8-11,13-16,21-22,27-28H,12,18-20H2,1-7H3,(H,33,36)/t28-,41?/m0/s1. The van der Waals surface area contributed by atoms with E-state index in [1.54, 1.807) is 20.8 Å². The van der Waals surface area contributed by atoms with Gasteiger partial charge in [-0.1, -0.05) is 48.5 Å². The Hall–Kier alpha value is -3.02. The lowest BCUT2D eigenvalue weighted by atomic mass is 9.98. The van der Waals surface area contributed by atoms with Crippen molar-refractivity contribution in [3.63, 3.8) is 0 Å². The SMILES string of the molecule is CC(C)N(C(C)C)P(OCCC#N)OC[C@H](NC(=O)OCC1c2ccccc2-c2ccccc21)C(=O)OC(C)(C)C. The molecule has 0 saturated carbocycles. The van der Waals surface area contributed by atoms with E-state index in [0.717, 1.165) is 22.3 Å². The molecule has 2 atom stereocenters. The van der Waals surface area contributed by atoms with Gasteiger partial charge in [-0.2, -0.15) is 5.26 Å². The van der Waals surface area contributed by atoms with Crippen molar-refractivity contribution in [1.29, 1.82) is 5.26 Å². The normalized spacial score (nSPS) is 14.4. The third-order valence-electron chi connectivity index (χ3n) is 6.34. The molecule has 3 rings (SSSR count). The number of benzene rings is 2. The Bertz CT molecular complexity index is 1170. The number of esters is 1. The molecule has 0 bridgehead atoms. The first-order valence-electron chi connectivity index (χ1n) is 14.0. The second kappa shape index (κ2) is 14.7. The van der Waals surface area contributed by atoms with E-state index in [-0.39, 0.29) is 44.2 Å². The van der Waals surface area contributed by atoms with Gasteiger partial charge in [0.25, 0.3) is 8.53 Å². The molecule has 0 aromatic heterocycles. The van der Waals surface area contributed by atoms with Crippen LogP contribution in [0.5, 0.6) is 0 Å². The highest BCUT2D eigenvalue weighted by Gasteiger charge is 2.34. The van der Waals surface area contributed by atoms with Gasteiger partial charge < -0.3 is 23.8 Å². The molecule has 9 nitrogen and oxygen atoms in total. The highest BCUT2D eigenvalue weighted by Crippen LogP contribution is 2.46. The third-order valence-corrected chi connectivity index (χ3v) is 8.42. The first-order chi connectivity index (χ1) is 19.4. The molecule has 1 aliphatic carbocycles. The molecular formula is C31H42N3O6P. The highest BCUT2D eigenvalue weighted by molar-refractivity contribution is 7.44. The number of nitrogens with one attached hydrogen (secondary N) is 1. The number of nitriles is 1. The van der Waals surface area contributed by atoms with Gasteiger partial charge >= 0.3 is 12.1 Å². The van der Waals surface area contributed by atoms with Crippen molar-refractivity contribution in [3.8, 4) is 17.2 Å². The molecule has 41 heavy (non-hydrogen) atoms. The number of carbonyl (C=O) groups is 2. The minimum Gasteiger partial charge on any atom is -0.458 e. The fourth-order valence-corrected chi connectivity index (χ4v) is 6.40. The number of nitrogens with zero attached hydrogens (tertiary/aromatic N) is 2. The van der Waals surface area contributed by atoms with Crippen LogP contribution < -0.4 is 5.32 Å². The maximum atomic E-state index is 13.1. The summed E-state index contributed by atoms with van der Waals surface area (Å²) in [7, 11) is -1.62. The number of hydrogen-bond donors (Lipinski definition) is 1. The summed E-state index contributed by atoms with van der Waals surface area (Å²) in [6, 6.07) is 17.3. The highest BCUT2D eigenvalue weighted by atomic mass is 31.2. The van der Waals surface area contributed by atoms with Gasteiger partial charge in [0.1, 0.15) is 12.2 Å². The smallest absolute Gasteiger partial charge is 0.407 e. The summed E-state index contributed by atoms with van der Waals surface area (Å²) in [5, 5.41) is 11.6. The Labute approximate surface area is 245 Å². The van der Waals surface area contributed by atoms with Crippen LogP contribution in [-0.2, 0) is 23.3 Å². The van der Waals surface area contributed by atoms with Gasteiger partial charge in [0.15, 0.2) is 6.04 Å². The van der Waals surface area contributed by atoms with Crippen molar-refractivity contribution < 1.29 is 28.1 Å². The number of ether oxygens (including phenoxy) is 2. The predicted octanol–water partition coefficient (Wildman–Crippen LogP) is 6.53. The molecule has 0 aliphatic heterocycles. The van der Waals surface area contributed by atoms with Crippen LogP contribution in [0.1, 0.15) is 71.9 Å². The Morgan fingerprint density at radius 2 is 1.54 bits per heavy atom. The van der Waals surface area contributed by atoms with Crippen molar-refractivity contribution >= 4 is 20.6 Å². The number of rotatable bonds is 13. The van der Waals surface area contributed by atoms with E-state index >= 15 is 0 Å².